The Hall–Kier alpha value is -2.21. The molecule has 2 N–H and O–H groups in total. The third-order valence-electron chi connectivity index (χ3n) is 5.22. The minimum Gasteiger partial charge on any atom is -0.497 e. The van der Waals surface area contributed by atoms with Gasteiger partial charge in [-0.25, -0.2) is 0 Å². The van der Waals surface area contributed by atoms with Crippen molar-refractivity contribution in [3.05, 3.63) is 47.3 Å². The highest BCUT2D eigenvalue weighted by Crippen LogP contribution is 2.24. The van der Waals surface area contributed by atoms with Gasteiger partial charge in [-0.2, -0.15) is 0 Å². The minimum absolute atomic E-state index is 0.502. The van der Waals surface area contributed by atoms with E-state index in [1.807, 2.05) is 30.5 Å². The smallest absolute Gasteiger partial charge is 0.191 e. The topological polar surface area (TPSA) is 48.9 Å². The number of thiophene rings is 1. The van der Waals surface area contributed by atoms with E-state index in [9.17, 15) is 0 Å². The number of methoxy groups -OCH3 is 1. The molecule has 5 nitrogen and oxygen atoms in total. The SMILES string of the molecule is CN=C(NCCCCc1ccc(OC)cc1)NC1CCN(c2cccs2)CC1. The maximum atomic E-state index is 5.21. The van der Waals surface area contributed by atoms with Crippen molar-refractivity contribution in [2.45, 2.75) is 38.1 Å². The molecule has 1 fully saturated rings. The molecular weight excluding hydrogens is 368 g/mol. The number of aryl methyl sites for hydroxylation is 1. The van der Waals surface area contributed by atoms with Gasteiger partial charge in [-0.3, -0.25) is 4.99 Å². The highest BCUT2D eigenvalue weighted by atomic mass is 32.1. The lowest BCUT2D eigenvalue weighted by molar-refractivity contribution is 0.414. The molecule has 0 aliphatic carbocycles. The van der Waals surface area contributed by atoms with E-state index in [1.54, 1.807) is 7.11 Å². The Kier molecular flexibility index (Phi) is 8.03. The van der Waals surface area contributed by atoms with Gasteiger partial charge >= 0.3 is 0 Å². The van der Waals surface area contributed by atoms with Gasteiger partial charge in [-0.1, -0.05) is 12.1 Å². The summed E-state index contributed by atoms with van der Waals surface area (Å²) < 4.78 is 5.21. The Morgan fingerprint density at radius 1 is 1.18 bits per heavy atom. The molecule has 0 unspecified atom stereocenters. The van der Waals surface area contributed by atoms with Crippen LogP contribution in [0.15, 0.2) is 46.8 Å². The summed E-state index contributed by atoms with van der Waals surface area (Å²) in [6.45, 7) is 3.16. The number of hydrogen-bond donors (Lipinski definition) is 2. The van der Waals surface area contributed by atoms with E-state index in [0.717, 1.165) is 63.4 Å². The van der Waals surface area contributed by atoms with Crippen LogP contribution in [0.25, 0.3) is 0 Å². The second kappa shape index (κ2) is 11.0. The molecule has 0 bridgehead atoms. The van der Waals surface area contributed by atoms with Crippen LogP contribution in [0.1, 0.15) is 31.2 Å². The molecule has 1 aromatic carbocycles. The maximum absolute atomic E-state index is 5.21. The normalized spacial score (nSPS) is 15.5. The molecule has 1 aliphatic rings. The zero-order valence-electron chi connectivity index (χ0n) is 17.0. The summed E-state index contributed by atoms with van der Waals surface area (Å²) in [7, 11) is 3.56. The second-order valence-corrected chi connectivity index (χ2v) is 8.09. The van der Waals surface area contributed by atoms with Crippen molar-refractivity contribution >= 4 is 22.3 Å². The summed E-state index contributed by atoms with van der Waals surface area (Å²) in [5.41, 5.74) is 1.36. The maximum Gasteiger partial charge on any atom is 0.191 e. The lowest BCUT2D eigenvalue weighted by atomic mass is 10.1. The van der Waals surface area contributed by atoms with E-state index in [1.165, 1.54) is 10.6 Å². The highest BCUT2D eigenvalue weighted by molar-refractivity contribution is 7.14. The fraction of sp³-hybridized carbons (Fsp3) is 0.500. The summed E-state index contributed by atoms with van der Waals surface area (Å²) in [6.07, 6.45) is 5.68. The van der Waals surface area contributed by atoms with Crippen LogP contribution in [0.3, 0.4) is 0 Å². The van der Waals surface area contributed by atoms with Gasteiger partial charge in [0.05, 0.1) is 12.1 Å². The molecule has 1 saturated heterocycles. The van der Waals surface area contributed by atoms with E-state index in [0.29, 0.717) is 6.04 Å². The Morgan fingerprint density at radius 3 is 2.61 bits per heavy atom. The van der Waals surface area contributed by atoms with Crippen LogP contribution in [-0.2, 0) is 6.42 Å². The van der Waals surface area contributed by atoms with Crippen molar-refractivity contribution in [3.63, 3.8) is 0 Å². The number of nitrogens with zero attached hydrogens (tertiary/aromatic N) is 2. The summed E-state index contributed by atoms with van der Waals surface area (Å²) in [5.74, 6) is 1.85. The van der Waals surface area contributed by atoms with Crippen molar-refractivity contribution in [1.82, 2.24) is 10.6 Å². The first-order valence-corrected chi connectivity index (χ1v) is 11.0. The first-order chi connectivity index (χ1) is 13.8. The Balaban J connectivity index is 1.30. The predicted octanol–water partition coefficient (Wildman–Crippen LogP) is 3.91. The molecule has 0 spiro atoms. The number of piperidine rings is 1. The Bertz CT molecular complexity index is 707. The van der Waals surface area contributed by atoms with Crippen molar-refractivity contribution in [3.8, 4) is 5.75 Å². The molecule has 6 heteroatoms. The minimum atomic E-state index is 0.502. The quantitative estimate of drug-likeness (QED) is 0.401. The highest BCUT2D eigenvalue weighted by Gasteiger charge is 2.20. The van der Waals surface area contributed by atoms with Gasteiger partial charge in [0.1, 0.15) is 5.75 Å². The van der Waals surface area contributed by atoms with Crippen molar-refractivity contribution in [1.29, 1.82) is 0 Å². The zero-order valence-corrected chi connectivity index (χ0v) is 17.8. The standard InChI is InChI=1S/C22H32N4OS/c1-23-22(24-14-4-3-6-18-8-10-20(27-2)11-9-18)25-19-12-15-26(16-13-19)21-7-5-17-28-21/h5,7-11,17,19H,3-4,6,12-16H2,1-2H3,(H2,23,24,25). The van der Waals surface area contributed by atoms with E-state index in [-0.39, 0.29) is 0 Å². The fourth-order valence-electron chi connectivity index (χ4n) is 3.54. The summed E-state index contributed by atoms with van der Waals surface area (Å²) >= 11 is 1.83. The molecular formula is C22H32N4OS. The number of nitrogens with one attached hydrogen (secondary N) is 2. The molecule has 28 heavy (non-hydrogen) atoms. The molecule has 0 saturated carbocycles. The number of unbranched alkanes of at least 4 members (excludes halogenated alkanes) is 1. The van der Waals surface area contributed by atoms with Gasteiger partial charge in [0, 0.05) is 32.7 Å². The summed E-state index contributed by atoms with van der Waals surface area (Å²) in [6, 6.07) is 13.2. The number of ether oxygens (including phenoxy) is 1. The number of anilines is 1. The van der Waals surface area contributed by atoms with E-state index in [4.69, 9.17) is 4.74 Å². The van der Waals surface area contributed by atoms with Gasteiger partial charge in [0.15, 0.2) is 5.96 Å². The van der Waals surface area contributed by atoms with Gasteiger partial charge in [-0.15, -0.1) is 11.3 Å². The predicted molar refractivity (Wildman–Crippen MR) is 120 cm³/mol. The summed E-state index contributed by atoms with van der Waals surface area (Å²) in [4.78, 5) is 6.88. The van der Waals surface area contributed by atoms with Crippen molar-refractivity contribution in [2.75, 3.05) is 38.7 Å². The summed E-state index contributed by atoms with van der Waals surface area (Å²) in [5, 5.41) is 10.6. The number of aliphatic imine (C=N–C) groups is 1. The van der Waals surface area contributed by atoms with Crippen LogP contribution in [0.5, 0.6) is 5.75 Å². The number of benzene rings is 1. The van der Waals surface area contributed by atoms with Crippen LogP contribution >= 0.6 is 11.3 Å². The van der Waals surface area contributed by atoms with E-state index in [2.05, 4.69) is 50.2 Å². The third-order valence-corrected chi connectivity index (χ3v) is 6.15. The van der Waals surface area contributed by atoms with Gasteiger partial charge < -0.3 is 20.3 Å². The van der Waals surface area contributed by atoms with Gasteiger partial charge in [0.25, 0.3) is 0 Å². The first kappa shape index (κ1) is 20.5. The fourth-order valence-corrected chi connectivity index (χ4v) is 4.32. The number of rotatable bonds is 8. The molecule has 0 amide bonds. The van der Waals surface area contributed by atoms with Crippen LogP contribution in [0, 0.1) is 0 Å². The van der Waals surface area contributed by atoms with Gasteiger partial charge in [0.2, 0.25) is 0 Å². The third kappa shape index (κ3) is 6.16. The average molecular weight is 401 g/mol. The molecule has 1 aromatic heterocycles. The van der Waals surface area contributed by atoms with E-state index < -0.39 is 0 Å². The Morgan fingerprint density at radius 2 is 1.96 bits per heavy atom. The van der Waals surface area contributed by atoms with Crippen LogP contribution in [-0.4, -0.2) is 45.8 Å². The second-order valence-electron chi connectivity index (χ2n) is 7.16. The molecule has 0 atom stereocenters. The average Bonchev–Trinajstić information content (AvgIpc) is 3.28. The molecule has 2 heterocycles. The zero-order chi connectivity index (χ0) is 19.6. The molecule has 1 aliphatic heterocycles. The lowest BCUT2D eigenvalue weighted by Crippen LogP contribution is -2.48. The van der Waals surface area contributed by atoms with Crippen LogP contribution in [0.2, 0.25) is 0 Å². The number of hydrogen-bond acceptors (Lipinski definition) is 4. The molecule has 0 radical (unpaired) electrons. The lowest BCUT2D eigenvalue weighted by Gasteiger charge is -2.33. The van der Waals surface area contributed by atoms with Crippen LogP contribution < -0.4 is 20.3 Å². The number of guanidine groups is 1. The monoisotopic (exact) mass is 400 g/mol. The van der Waals surface area contributed by atoms with Crippen molar-refractivity contribution < 1.29 is 4.74 Å². The van der Waals surface area contributed by atoms with Gasteiger partial charge in [-0.05, 0) is 67.3 Å². The van der Waals surface area contributed by atoms with Crippen LogP contribution in [0.4, 0.5) is 5.00 Å². The first-order valence-electron chi connectivity index (χ1n) is 10.2. The van der Waals surface area contributed by atoms with Crippen molar-refractivity contribution in [2.24, 2.45) is 4.99 Å². The molecule has 2 aromatic rings. The molecule has 3 rings (SSSR count). The van der Waals surface area contributed by atoms with E-state index >= 15 is 0 Å². The molecule has 152 valence electrons. The Labute approximate surface area is 172 Å². The largest absolute Gasteiger partial charge is 0.497 e.